The van der Waals surface area contributed by atoms with Gasteiger partial charge in [-0.3, -0.25) is 4.79 Å². The number of methoxy groups -OCH3 is 2. The van der Waals surface area contributed by atoms with Crippen molar-refractivity contribution in [2.24, 2.45) is 0 Å². The molecular formula is C31H35ClN4O4. The Morgan fingerprint density at radius 1 is 0.950 bits per heavy atom. The van der Waals surface area contributed by atoms with Crippen molar-refractivity contribution in [3.8, 4) is 28.4 Å². The normalized spacial score (nSPS) is 13.3. The average Bonchev–Trinajstić information content (AvgIpc) is 2.97. The number of amides is 1. The number of aromatic nitrogens is 1. The highest BCUT2D eigenvalue weighted by Crippen LogP contribution is 2.40. The van der Waals surface area contributed by atoms with Crippen molar-refractivity contribution >= 4 is 40.6 Å². The monoisotopic (exact) mass is 562 g/mol. The summed E-state index contributed by atoms with van der Waals surface area (Å²) in [5, 5.41) is 8.74. The number of nitrogens with one attached hydrogen (secondary N) is 2. The van der Waals surface area contributed by atoms with E-state index in [1.165, 1.54) is 0 Å². The Balaban J connectivity index is 0.00000370. The number of nitrogens with zero attached hydrogens (tertiary/aromatic N) is 2. The molecule has 8 nitrogen and oxygen atoms in total. The maximum atomic E-state index is 12.8. The second kappa shape index (κ2) is 12.9. The van der Waals surface area contributed by atoms with E-state index in [2.05, 4.69) is 15.6 Å². The van der Waals surface area contributed by atoms with Gasteiger partial charge in [0.25, 0.3) is 5.91 Å². The Kier molecular flexibility index (Phi) is 9.34. The van der Waals surface area contributed by atoms with Crippen molar-refractivity contribution in [1.29, 1.82) is 0 Å². The topological polar surface area (TPSA) is 85.0 Å². The molecule has 1 amide bonds. The fourth-order valence-electron chi connectivity index (χ4n) is 4.88. The van der Waals surface area contributed by atoms with Crippen molar-refractivity contribution in [3.63, 3.8) is 0 Å². The van der Waals surface area contributed by atoms with E-state index in [0.717, 1.165) is 59.3 Å². The van der Waals surface area contributed by atoms with E-state index in [9.17, 15) is 4.79 Å². The van der Waals surface area contributed by atoms with Crippen LogP contribution in [0.3, 0.4) is 0 Å². The Labute approximate surface area is 241 Å². The smallest absolute Gasteiger partial charge is 0.253 e. The number of carbonyl (C=O) groups excluding carboxylic acids is 1. The molecule has 4 aromatic rings. The number of pyridine rings is 1. The lowest BCUT2D eigenvalue weighted by Gasteiger charge is -2.26. The molecule has 40 heavy (non-hydrogen) atoms. The summed E-state index contributed by atoms with van der Waals surface area (Å²) >= 11 is 0. The summed E-state index contributed by atoms with van der Waals surface area (Å²) in [6.07, 6.45) is 3.86. The highest BCUT2D eigenvalue weighted by molar-refractivity contribution is 6.02. The van der Waals surface area contributed by atoms with E-state index < -0.39 is 0 Å². The zero-order valence-corrected chi connectivity index (χ0v) is 24.0. The molecule has 5 rings (SSSR count). The van der Waals surface area contributed by atoms with E-state index >= 15 is 0 Å². The van der Waals surface area contributed by atoms with Gasteiger partial charge >= 0.3 is 0 Å². The highest BCUT2D eigenvalue weighted by atomic mass is 35.5. The van der Waals surface area contributed by atoms with Gasteiger partial charge in [-0.2, -0.15) is 0 Å². The maximum Gasteiger partial charge on any atom is 0.253 e. The molecule has 3 aromatic carbocycles. The van der Waals surface area contributed by atoms with Crippen LogP contribution in [-0.4, -0.2) is 63.3 Å². The molecule has 1 aliphatic rings. The van der Waals surface area contributed by atoms with Gasteiger partial charge in [0.05, 0.1) is 14.2 Å². The first-order valence-electron chi connectivity index (χ1n) is 13.1. The van der Waals surface area contributed by atoms with Crippen LogP contribution in [0.5, 0.6) is 17.2 Å². The van der Waals surface area contributed by atoms with Gasteiger partial charge < -0.3 is 29.7 Å². The maximum absolute atomic E-state index is 12.8. The summed E-state index contributed by atoms with van der Waals surface area (Å²) in [6, 6.07) is 19.5. The molecule has 1 aliphatic heterocycles. The van der Waals surface area contributed by atoms with E-state index in [-0.39, 0.29) is 24.4 Å². The summed E-state index contributed by atoms with van der Waals surface area (Å²) in [5.41, 5.74) is 3.31. The quantitative estimate of drug-likeness (QED) is 0.276. The molecule has 0 spiro atoms. The third-order valence-electron chi connectivity index (χ3n) is 6.90. The van der Waals surface area contributed by atoms with Crippen LogP contribution in [0.15, 0.2) is 66.9 Å². The van der Waals surface area contributed by atoms with Gasteiger partial charge in [0, 0.05) is 48.6 Å². The lowest BCUT2D eigenvalue weighted by molar-refractivity contribution is 0.0827. The Morgan fingerprint density at radius 2 is 1.70 bits per heavy atom. The molecule has 210 valence electrons. The first-order valence-corrected chi connectivity index (χ1v) is 13.1. The summed E-state index contributed by atoms with van der Waals surface area (Å²) in [4.78, 5) is 19.0. The number of rotatable bonds is 8. The van der Waals surface area contributed by atoms with Gasteiger partial charge in [0.2, 0.25) is 0 Å². The van der Waals surface area contributed by atoms with Crippen LogP contribution >= 0.6 is 12.4 Å². The van der Waals surface area contributed by atoms with Gasteiger partial charge in [0.1, 0.15) is 17.7 Å². The lowest BCUT2D eigenvalue weighted by atomic mass is 9.96. The first kappa shape index (κ1) is 29.0. The molecular weight excluding hydrogens is 528 g/mol. The van der Waals surface area contributed by atoms with Gasteiger partial charge in [-0.25, -0.2) is 4.98 Å². The SMILES string of the molecule is COc1ccc(Nc2cc3c(-c4cccc(C(=O)N(C)C)c4)c(OC4CCNCC4)ccc3cn2)cc1OC.Cl. The number of anilines is 2. The molecule has 1 aromatic heterocycles. The van der Waals surface area contributed by atoms with Crippen LogP contribution in [-0.2, 0) is 0 Å². The van der Waals surface area contributed by atoms with E-state index in [0.29, 0.717) is 22.9 Å². The molecule has 0 saturated carbocycles. The zero-order chi connectivity index (χ0) is 27.4. The number of halogens is 1. The van der Waals surface area contributed by atoms with Gasteiger partial charge in [0.15, 0.2) is 11.5 Å². The van der Waals surface area contributed by atoms with Crippen molar-refractivity contribution < 1.29 is 19.0 Å². The number of ether oxygens (including phenoxy) is 3. The number of piperidine rings is 1. The van der Waals surface area contributed by atoms with Crippen molar-refractivity contribution in [2.45, 2.75) is 18.9 Å². The van der Waals surface area contributed by atoms with Gasteiger partial charge in [-0.05, 0) is 79.3 Å². The fourth-order valence-corrected chi connectivity index (χ4v) is 4.88. The molecule has 2 heterocycles. The van der Waals surface area contributed by atoms with Crippen LogP contribution in [0.4, 0.5) is 11.5 Å². The second-order valence-electron chi connectivity index (χ2n) is 9.77. The number of hydrogen-bond donors (Lipinski definition) is 2. The van der Waals surface area contributed by atoms with Crippen LogP contribution in [0.2, 0.25) is 0 Å². The molecule has 2 N–H and O–H groups in total. The van der Waals surface area contributed by atoms with Crippen molar-refractivity contribution in [1.82, 2.24) is 15.2 Å². The highest BCUT2D eigenvalue weighted by Gasteiger charge is 2.20. The standard InChI is InChI=1S/C31H34N4O4.ClH/c1-35(2)31(36)21-7-5-6-20(16-21)30-25-18-29(34-23-9-11-26(37-3)28(17-23)38-4)33-19-22(25)8-10-27(30)39-24-12-14-32-15-13-24;/h5-11,16-19,24,32H,12-15H2,1-4H3,(H,33,34);1H. The minimum atomic E-state index is -0.0459. The fraction of sp³-hybridized carbons (Fsp3) is 0.290. The molecule has 9 heteroatoms. The number of fused-ring (bicyclic) bond motifs is 1. The minimum absolute atomic E-state index is 0. The molecule has 0 radical (unpaired) electrons. The van der Waals surface area contributed by atoms with Crippen LogP contribution in [0.1, 0.15) is 23.2 Å². The lowest BCUT2D eigenvalue weighted by Crippen LogP contribution is -2.34. The van der Waals surface area contributed by atoms with Crippen LogP contribution in [0.25, 0.3) is 21.9 Å². The molecule has 0 atom stereocenters. The predicted molar refractivity (Wildman–Crippen MR) is 162 cm³/mol. The summed E-state index contributed by atoms with van der Waals surface area (Å²) in [6.45, 7) is 1.87. The Bertz CT molecular complexity index is 1490. The predicted octanol–water partition coefficient (Wildman–Crippen LogP) is 5.92. The number of benzene rings is 3. The summed E-state index contributed by atoms with van der Waals surface area (Å²) in [7, 11) is 6.75. The van der Waals surface area contributed by atoms with E-state index in [1.807, 2.05) is 66.9 Å². The third kappa shape index (κ3) is 6.24. The van der Waals surface area contributed by atoms with E-state index in [4.69, 9.17) is 14.2 Å². The second-order valence-corrected chi connectivity index (χ2v) is 9.77. The van der Waals surface area contributed by atoms with Crippen LogP contribution in [0, 0.1) is 0 Å². The molecule has 0 bridgehead atoms. The summed E-state index contributed by atoms with van der Waals surface area (Å²) in [5.74, 6) is 2.71. The minimum Gasteiger partial charge on any atom is -0.493 e. The van der Waals surface area contributed by atoms with E-state index in [1.54, 1.807) is 33.2 Å². The van der Waals surface area contributed by atoms with Crippen molar-refractivity contribution in [3.05, 3.63) is 72.4 Å². The molecule has 1 saturated heterocycles. The molecule has 1 fully saturated rings. The Hall–Kier alpha value is -4.01. The largest absolute Gasteiger partial charge is 0.493 e. The first-order chi connectivity index (χ1) is 19.0. The van der Waals surface area contributed by atoms with Gasteiger partial charge in [-0.1, -0.05) is 12.1 Å². The van der Waals surface area contributed by atoms with Crippen molar-refractivity contribution in [2.75, 3.05) is 46.7 Å². The molecule has 0 unspecified atom stereocenters. The average molecular weight is 563 g/mol. The number of hydrogen-bond acceptors (Lipinski definition) is 7. The summed E-state index contributed by atoms with van der Waals surface area (Å²) < 4.78 is 17.4. The third-order valence-corrected chi connectivity index (χ3v) is 6.90. The zero-order valence-electron chi connectivity index (χ0n) is 23.2. The van der Waals surface area contributed by atoms with Crippen LogP contribution < -0.4 is 24.8 Å². The molecule has 0 aliphatic carbocycles. The Morgan fingerprint density at radius 3 is 2.42 bits per heavy atom. The number of carbonyl (C=O) groups is 1. The van der Waals surface area contributed by atoms with Gasteiger partial charge in [-0.15, -0.1) is 12.4 Å².